The van der Waals surface area contributed by atoms with Gasteiger partial charge in [0.1, 0.15) is 17.2 Å². The number of ether oxygens (including phenoxy) is 2. The lowest BCUT2D eigenvalue weighted by Crippen LogP contribution is -1.89. The molecule has 0 amide bonds. The molecule has 0 aliphatic heterocycles. The molecule has 2 nitrogen and oxygen atoms in total. The number of rotatable bonds is 4. The normalized spacial score (nSPS) is 10.3. The zero-order chi connectivity index (χ0) is 13.8. The molecule has 0 N–H and O–H groups in total. The summed E-state index contributed by atoms with van der Waals surface area (Å²) in [5, 5.41) is 0.818. The minimum absolute atomic E-state index is 0.744. The Kier molecular flexibility index (Phi) is 5.30. The average Bonchev–Trinajstić information content (AvgIpc) is 2.42. The molecule has 0 fully saturated rings. The highest BCUT2D eigenvalue weighted by atomic mass is 79.9. The van der Waals surface area contributed by atoms with E-state index in [-0.39, 0.29) is 0 Å². The zero-order valence-corrected chi connectivity index (χ0v) is 14.9. The lowest BCUT2D eigenvalue weighted by Gasteiger charge is -2.11. The first-order chi connectivity index (χ1) is 9.13. The monoisotopic (exact) mass is 448 g/mol. The first-order valence-electron chi connectivity index (χ1n) is 5.50. The van der Waals surface area contributed by atoms with Crippen LogP contribution in [0.2, 0.25) is 0 Å². The van der Waals surface area contributed by atoms with E-state index in [9.17, 15) is 0 Å². The van der Waals surface area contributed by atoms with Crippen molar-refractivity contribution < 1.29 is 9.47 Å². The van der Waals surface area contributed by atoms with Crippen molar-refractivity contribution in [2.45, 2.75) is 5.33 Å². The van der Waals surface area contributed by atoms with Crippen LogP contribution in [0.5, 0.6) is 17.2 Å². The van der Waals surface area contributed by atoms with Crippen molar-refractivity contribution in [3.63, 3.8) is 0 Å². The smallest absolute Gasteiger partial charge is 0.141 e. The quantitative estimate of drug-likeness (QED) is 0.539. The Morgan fingerprint density at radius 2 is 1.58 bits per heavy atom. The molecule has 0 aliphatic carbocycles. The Labute approximate surface area is 137 Å². The van der Waals surface area contributed by atoms with Crippen LogP contribution in [0.25, 0.3) is 0 Å². The van der Waals surface area contributed by atoms with Crippen molar-refractivity contribution in [1.29, 1.82) is 0 Å². The number of benzene rings is 2. The predicted octanol–water partition coefficient (Wildman–Crippen LogP) is 5.91. The van der Waals surface area contributed by atoms with Crippen LogP contribution in [0.15, 0.2) is 45.3 Å². The summed E-state index contributed by atoms with van der Waals surface area (Å²) < 4.78 is 12.8. The Morgan fingerprint density at radius 3 is 2.11 bits per heavy atom. The van der Waals surface area contributed by atoms with Crippen LogP contribution in [0.3, 0.4) is 0 Å². The lowest BCUT2D eigenvalue weighted by molar-refractivity contribution is 0.412. The van der Waals surface area contributed by atoms with Gasteiger partial charge in [-0.3, -0.25) is 0 Å². The molecule has 19 heavy (non-hydrogen) atoms. The van der Waals surface area contributed by atoms with E-state index in [0.29, 0.717) is 0 Å². The summed E-state index contributed by atoms with van der Waals surface area (Å²) in [6.45, 7) is 0. The van der Waals surface area contributed by atoms with E-state index in [0.717, 1.165) is 31.5 Å². The number of alkyl halides is 1. The molecule has 2 aromatic rings. The second-order valence-corrected chi connectivity index (χ2v) is 6.07. The van der Waals surface area contributed by atoms with Crippen LogP contribution < -0.4 is 9.47 Å². The van der Waals surface area contributed by atoms with Crippen LogP contribution in [0.4, 0.5) is 0 Å². The molecule has 5 heteroatoms. The molecule has 100 valence electrons. The van der Waals surface area contributed by atoms with Crippen molar-refractivity contribution in [3.8, 4) is 17.2 Å². The minimum atomic E-state index is 0.744. The van der Waals surface area contributed by atoms with Gasteiger partial charge in [0.05, 0.1) is 16.1 Å². The summed E-state index contributed by atoms with van der Waals surface area (Å²) in [6.07, 6.45) is 0. The van der Waals surface area contributed by atoms with E-state index in [4.69, 9.17) is 9.47 Å². The SMILES string of the molecule is COc1ccc(Oc2ccc(CBr)cc2Br)c(Br)c1. The van der Waals surface area contributed by atoms with E-state index >= 15 is 0 Å². The maximum atomic E-state index is 5.87. The molecule has 0 saturated heterocycles. The maximum absolute atomic E-state index is 5.87. The largest absolute Gasteiger partial charge is 0.497 e. The van der Waals surface area contributed by atoms with Gasteiger partial charge in [0.25, 0.3) is 0 Å². The Morgan fingerprint density at radius 1 is 0.947 bits per heavy atom. The van der Waals surface area contributed by atoms with Crippen LogP contribution >= 0.6 is 47.8 Å². The highest BCUT2D eigenvalue weighted by Crippen LogP contribution is 2.36. The number of hydrogen-bond donors (Lipinski definition) is 0. The summed E-state index contributed by atoms with van der Waals surface area (Å²) in [4.78, 5) is 0. The summed E-state index contributed by atoms with van der Waals surface area (Å²) in [5.41, 5.74) is 1.19. The molecule has 0 saturated carbocycles. The van der Waals surface area contributed by atoms with Gasteiger partial charge in [0.2, 0.25) is 0 Å². The van der Waals surface area contributed by atoms with Crippen LogP contribution in [0.1, 0.15) is 5.56 Å². The number of hydrogen-bond acceptors (Lipinski definition) is 2. The van der Waals surface area contributed by atoms with Gasteiger partial charge in [-0.25, -0.2) is 0 Å². The van der Waals surface area contributed by atoms with Gasteiger partial charge in [0, 0.05) is 5.33 Å². The fourth-order valence-electron chi connectivity index (χ4n) is 1.52. The van der Waals surface area contributed by atoms with Gasteiger partial charge < -0.3 is 9.47 Å². The second kappa shape index (κ2) is 6.77. The first kappa shape index (κ1) is 14.9. The summed E-state index contributed by atoms with van der Waals surface area (Å²) >= 11 is 10.4. The van der Waals surface area contributed by atoms with Gasteiger partial charge >= 0.3 is 0 Å². The lowest BCUT2D eigenvalue weighted by atomic mass is 10.2. The van der Waals surface area contributed by atoms with Crippen molar-refractivity contribution in [3.05, 3.63) is 50.9 Å². The molecular formula is C14H11Br3O2. The van der Waals surface area contributed by atoms with Gasteiger partial charge in [-0.2, -0.15) is 0 Å². The van der Waals surface area contributed by atoms with Crippen molar-refractivity contribution >= 4 is 47.8 Å². The third kappa shape index (κ3) is 3.74. The first-order valence-corrected chi connectivity index (χ1v) is 8.20. The molecule has 0 unspecified atom stereocenters. The average molecular weight is 451 g/mol. The highest BCUT2D eigenvalue weighted by Gasteiger charge is 2.07. The van der Waals surface area contributed by atoms with Crippen molar-refractivity contribution in [2.24, 2.45) is 0 Å². The van der Waals surface area contributed by atoms with E-state index in [2.05, 4.69) is 47.8 Å². The van der Waals surface area contributed by atoms with Crippen molar-refractivity contribution in [1.82, 2.24) is 0 Å². The van der Waals surface area contributed by atoms with Gasteiger partial charge in [-0.05, 0) is 67.8 Å². The van der Waals surface area contributed by atoms with Gasteiger partial charge in [-0.1, -0.05) is 22.0 Å². The Hall–Kier alpha value is -0.520. The molecule has 2 rings (SSSR count). The molecule has 0 aromatic heterocycles. The number of methoxy groups -OCH3 is 1. The van der Waals surface area contributed by atoms with E-state index in [1.807, 2.05) is 36.4 Å². The Bertz CT molecular complexity index is 533. The third-order valence-corrected chi connectivity index (χ3v) is 4.40. The molecular weight excluding hydrogens is 440 g/mol. The highest BCUT2D eigenvalue weighted by molar-refractivity contribution is 9.11. The van der Waals surface area contributed by atoms with E-state index in [1.54, 1.807) is 7.11 Å². The maximum Gasteiger partial charge on any atom is 0.141 e. The zero-order valence-electron chi connectivity index (χ0n) is 10.1. The molecule has 0 spiro atoms. The van der Waals surface area contributed by atoms with Crippen LogP contribution in [-0.4, -0.2) is 7.11 Å². The summed E-state index contributed by atoms with van der Waals surface area (Å²) in [7, 11) is 1.64. The van der Waals surface area contributed by atoms with Crippen molar-refractivity contribution in [2.75, 3.05) is 7.11 Å². The fraction of sp³-hybridized carbons (Fsp3) is 0.143. The second-order valence-electron chi connectivity index (χ2n) is 3.80. The van der Waals surface area contributed by atoms with E-state index in [1.165, 1.54) is 5.56 Å². The summed E-state index contributed by atoms with van der Waals surface area (Å²) in [5.74, 6) is 2.30. The molecule has 0 atom stereocenters. The number of halogens is 3. The predicted molar refractivity (Wildman–Crippen MR) is 87.5 cm³/mol. The fourth-order valence-corrected chi connectivity index (χ4v) is 2.81. The van der Waals surface area contributed by atoms with Gasteiger partial charge in [-0.15, -0.1) is 0 Å². The molecule has 2 aromatic carbocycles. The molecule has 0 heterocycles. The molecule has 0 bridgehead atoms. The minimum Gasteiger partial charge on any atom is -0.497 e. The van der Waals surface area contributed by atoms with E-state index < -0.39 is 0 Å². The van der Waals surface area contributed by atoms with Crippen LogP contribution in [-0.2, 0) is 5.33 Å². The molecule has 0 aliphatic rings. The third-order valence-electron chi connectivity index (χ3n) is 2.51. The van der Waals surface area contributed by atoms with Gasteiger partial charge in [0.15, 0.2) is 0 Å². The van der Waals surface area contributed by atoms with Crippen LogP contribution in [0, 0.1) is 0 Å². The summed E-state index contributed by atoms with van der Waals surface area (Å²) in [6, 6.07) is 11.6. The Balaban J connectivity index is 2.26. The standard InChI is InChI=1S/C14H11Br3O2/c1-18-10-3-5-14(12(17)7-10)19-13-4-2-9(8-15)6-11(13)16/h2-7H,8H2,1H3. The topological polar surface area (TPSA) is 18.5 Å². The molecule has 0 radical (unpaired) electrons.